The number of oxime groups is 1. The van der Waals surface area contributed by atoms with E-state index in [9.17, 15) is 14.4 Å². The summed E-state index contributed by atoms with van der Waals surface area (Å²) >= 11 is 6.43. The second kappa shape index (κ2) is 9.61. The van der Waals surface area contributed by atoms with E-state index in [1.165, 1.54) is 18.2 Å². The second-order valence-electron chi connectivity index (χ2n) is 5.84. The largest absolute Gasteiger partial charge is 0.409 e. The Balaban J connectivity index is 1.66. The lowest BCUT2D eigenvalue weighted by molar-refractivity contribution is -0.116. The molecule has 3 rings (SSSR count). The third-order valence-electron chi connectivity index (χ3n) is 3.81. The van der Waals surface area contributed by atoms with Gasteiger partial charge < -0.3 is 15.8 Å². The predicted octanol–water partition coefficient (Wildman–Crippen LogP) is 4.55. The average Bonchev–Trinajstić information content (AvgIpc) is 3.16. The normalized spacial score (nSPS) is 11.3. The zero-order valence-electron chi connectivity index (χ0n) is 14.7. The molecule has 0 aliphatic heterocycles. The first kappa shape index (κ1) is 20.9. The van der Waals surface area contributed by atoms with Gasteiger partial charge in [0.1, 0.15) is 5.82 Å². The molecule has 0 fully saturated rings. The number of amidine groups is 1. The first-order chi connectivity index (χ1) is 14.0. The van der Waals surface area contributed by atoms with Crippen LogP contribution in [0.2, 0.25) is 0 Å². The number of halogens is 3. The Morgan fingerprint density at radius 1 is 1.14 bits per heavy atom. The van der Waals surface area contributed by atoms with Gasteiger partial charge in [-0.05, 0) is 68.6 Å². The topological polar surface area (TPSA) is 113 Å². The molecular weight excluding hydrogens is 513 g/mol. The van der Waals surface area contributed by atoms with Crippen molar-refractivity contribution in [2.75, 3.05) is 10.6 Å². The van der Waals surface area contributed by atoms with Crippen LogP contribution in [0, 0.1) is 5.82 Å². The summed E-state index contributed by atoms with van der Waals surface area (Å²) in [7, 11) is 0. The molecular formula is C18H14Br2FN5O3. The molecule has 1 amide bonds. The number of amides is 1. The van der Waals surface area contributed by atoms with Gasteiger partial charge >= 0.3 is 0 Å². The molecule has 11 heteroatoms. The molecule has 150 valence electrons. The SMILES string of the molecule is O=C(CCc1ccc(Br)cc1)Nc1nonc1/C(=N\O)Nc1ccc(F)c(Br)c1. The number of nitrogens with zero attached hydrogens (tertiary/aromatic N) is 3. The van der Waals surface area contributed by atoms with Gasteiger partial charge in [0.15, 0.2) is 5.69 Å². The third kappa shape index (κ3) is 5.61. The maximum Gasteiger partial charge on any atom is 0.226 e. The van der Waals surface area contributed by atoms with Crippen LogP contribution in [0.3, 0.4) is 0 Å². The van der Waals surface area contributed by atoms with Gasteiger partial charge in [-0.3, -0.25) is 4.79 Å². The van der Waals surface area contributed by atoms with Crippen molar-refractivity contribution in [1.82, 2.24) is 10.3 Å². The molecule has 3 N–H and O–H groups in total. The summed E-state index contributed by atoms with van der Waals surface area (Å²) in [5.41, 5.74) is 1.41. The first-order valence-electron chi connectivity index (χ1n) is 8.27. The zero-order valence-corrected chi connectivity index (χ0v) is 17.9. The molecule has 0 atom stereocenters. The van der Waals surface area contributed by atoms with Gasteiger partial charge in [0, 0.05) is 16.6 Å². The minimum Gasteiger partial charge on any atom is -0.409 e. The summed E-state index contributed by atoms with van der Waals surface area (Å²) < 4.78 is 19.2. The van der Waals surface area contributed by atoms with Crippen LogP contribution in [-0.4, -0.2) is 27.3 Å². The summed E-state index contributed by atoms with van der Waals surface area (Å²) in [4.78, 5) is 12.3. The minimum absolute atomic E-state index is 0.00714. The average molecular weight is 527 g/mol. The number of aryl methyl sites for hydroxylation is 1. The summed E-state index contributed by atoms with van der Waals surface area (Å²) in [6.45, 7) is 0. The predicted molar refractivity (Wildman–Crippen MR) is 111 cm³/mol. The number of hydrogen-bond acceptors (Lipinski definition) is 6. The summed E-state index contributed by atoms with van der Waals surface area (Å²) in [5, 5.41) is 25.1. The Morgan fingerprint density at radius 3 is 2.59 bits per heavy atom. The molecule has 29 heavy (non-hydrogen) atoms. The number of rotatable bonds is 6. The minimum atomic E-state index is -0.445. The zero-order chi connectivity index (χ0) is 20.8. The molecule has 0 spiro atoms. The molecule has 0 aliphatic carbocycles. The van der Waals surface area contributed by atoms with Crippen LogP contribution >= 0.6 is 31.9 Å². The van der Waals surface area contributed by atoms with Crippen LogP contribution in [0.25, 0.3) is 0 Å². The Labute approximate surface area is 181 Å². The summed E-state index contributed by atoms with van der Waals surface area (Å²) in [6.07, 6.45) is 0.737. The number of anilines is 2. The van der Waals surface area contributed by atoms with Crippen molar-refractivity contribution in [3.05, 3.63) is 68.5 Å². The van der Waals surface area contributed by atoms with Gasteiger partial charge in [0.2, 0.25) is 17.6 Å². The Morgan fingerprint density at radius 2 is 1.90 bits per heavy atom. The maximum atomic E-state index is 13.4. The van der Waals surface area contributed by atoms with Crippen molar-refractivity contribution in [2.24, 2.45) is 5.16 Å². The van der Waals surface area contributed by atoms with E-state index in [0.29, 0.717) is 12.1 Å². The van der Waals surface area contributed by atoms with Crippen molar-refractivity contribution in [3.8, 4) is 0 Å². The van der Waals surface area contributed by atoms with E-state index in [1.54, 1.807) is 0 Å². The number of carbonyl (C=O) groups excluding carboxylic acids is 1. The summed E-state index contributed by atoms with van der Waals surface area (Å²) in [5.74, 6) is -0.896. The van der Waals surface area contributed by atoms with E-state index in [-0.39, 0.29) is 34.1 Å². The Kier molecular flexibility index (Phi) is 6.94. The molecule has 0 aliphatic rings. The molecule has 0 unspecified atom stereocenters. The lowest BCUT2D eigenvalue weighted by Gasteiger charge is -2.08. The number of carbonyl (C=O) groups is 1. The lowest BCUT2D eigenvalue weighted by Crippen LogP contribution is -2.19. The molecule has 0 saturated carbocycles. The monoisotopic (exact) mass is 525 g/mol. The molecule has 3 aromatic rings. The van der Waals surface area contributed by atoms with E-state index in [2.05, 4.69) is 62.6 Å². The third-order valence-corrected chi connectivity index (χ3v) is 4.94. The smallest absolute Gasteiger partial charge is 0.226 e. The number of aromatic nitrogens is 2. The first-order valence-corrected chi connectivity index (χ1v) is 9.86. The molecule has 1 heterocycles. The van der Waals surface area contributed by atoms with Gasteiger partial charge in [-0.1, -0.05) is 33.2 Å². The van der Waals surface area contributed by atoms with Crippen LogP contribution < -0.4 is 10.6 Å². The second-order valence-corrected chi connectivity index (χ2v) is 7.61. The van der Waals surface area contributed by atoms with E-state index in [0.717, 1.165) is 10.0 Å². The van der Waals surface area contributed by atoms with Crippen LogP contribution in [0.5, 0.6) is 0 Å². The fourth-order valence-electron chi connectivity index (χ4n) is 2.37. The Bertz CT molecular complexity index is 1040. The van der Waals surface area contributed by atoms with Crippen molar-refractivity contribution in [2.45, 2.75) is 12.8 Å². The van der Waals surface area contributed by atoms with E-state index < -0.39 is 5.82 Å². The van der Waals surface area contributed by atoms with Crippen LogP contribution in [0.1, 0.15) is 17.7 Å². The van der Waals surface area contributed by atoms with E-state index >= 15 is 0 Å². The van der Waals surface area contributed by atoms with Gasteiger partial charge in [0.25, 0.3) is 0 Å². The molecule has 0 radical (unpaired) electrons. The fourth-order valence-corrected chi connectivity index (χ4v) is 3.01. The fraction of sp³-hybridized carbons (Fsp3) is 0.111. The molecule has 2 aromatic carbocycles. The highest BCUT2D eigenvalue weighted by Crippen LogP contribution is 2.21. The number of nitrogens with one attached hydrogen (secondary N) is 2. The van der Waals surface area contributed by atoms with Crippen molar-refractivity contribution < 1.29 is 19.0 Å². The van der Waals surface area contributed by atoms with Gasteiger partial charge in [-0.25, -0.2) is 9.02 Å². The Hall–Kier alpha value is -2.79. The number of benzene rings is 2. The highest BCUT2D eigenvalue weighted by molar-refractivity contribution is 9.10. The lowest BCUT2D eigenvalue weighted by atomic mass is 10.1. The highest BCUT2D eigenvalue weighted by atomic mass is 79.9. The summed E-state index contributed by atoms with van der Waals surface area (Å²) in [6, 6.07) is 11.8. The van der Waals surface area contributed by atoms with Crippen molar-refractivity contribution >= 4 is 55.1 Å². The van der Waals surface area contributed by atoms with E-state index in [4.69, 9.17) is 0 Å². The maximum absolute atomic E-state index is 13.4. The van der Waals surface area contributed by atoms with Gasteiger partial charge in [-0.2, -0.15) is 0 Å². The van der Waals surface area contributed by atoms with Crippen LogP contribution in [-0.2, 0) is 11.2 Å². The molecule has 1 aromatic heterocycles. The van der Waals surface area contributed by atoms with Gasteiger partial charge in [0.05, 0.1) is 4.47 Å². The standard InChI is InChI=1S/C18H14Br2FN5O3/c19-11-4-1-10(2-5-11)3-8-15(27)23-18-16(25-29-26-18)17(24-28)22-12-6-7-14(21)13(20)9-12/h1-2,4-7,9,28H,3,8H2,(H,22,24)(H,23,26,27). The molecule has 8 nitrogen and oxygen atoms in total. The van der Waals surface area contributed by atoms with E-state index in [1.807, 2.05) is 24.3 Å². The van der Waals surface area contributed by atoms with Crippen LogP contribution in [0.4, 0.5) is 15.9 Å². The number of hydrogen-bond donors (Lipinski definition) is 3. The molecule has 0 saturated heterocycles. The molecule has 0 bridgehead atoms. The van der Waals surface area contributed by atoms with Crippen molar-refractivity contribution in [1.29, 1.82) is 0 Å². The van der Waals surface area contributed by atoms with Crippen molar-refractivity contribution in [3.63, 3.8) is 0 Å². The van der Waals surface area contributed by atoms with Gasteiger partial charge in [-0.15, -0.1) is 0 Å². The quantitative estimate of drug-likeness (QED) is 0.188. The van der Waals surface area contributed by atoms with Crippen LogP contribution in [0.15, 0.2) is 61.2 Å². The highest BCUT2D eigenvalue weighted by Gasteiger charge is 2.20.